The minimum Gasteiger partial charge on any atom is -0.458 e. The van der Waals surface area contributed by atoms with Crippen LogP contribution in [0.1, 0.15) is 204 Å². The van der Waals surface area contributed by atoms with E-state index in [9.17, 15) is 34.2 Å². The summed E-state index contributed by atoms with van der Waals surface area (Å²) in [6.07, 6.45) is 0.0408. The van der Waals surface area contributed by atoms with Crippen LogP contribution < -0.4 is 5.32 Å². The maximum absolute atomic E-state index is 15.8. The molecule has 0 aromatic rings. The fourth-order valence-electron chi connectivity index (χ4n) is 17.3. The molecular formula is C64H95NO20. The lowest BCUT2D eigenvalue weighted by Crippen LogP contribution is -2.78. The van der Waals surface area contributed by atoms with Gasteiger partial charge >= 0.3 is 29.8 Å². The third-order valence-electron chi connectivity index (χ3n) is 21.5. The predicted molar refractivity (Wildman–Crippen MR) is 300 cm³/mol. The summed E-state index contributed by atoms with van der Waals surface area (Å²) in [5.41, 5.74) is -5.17. The highest BCUT2D eigenvalue weighted by Gasteiger charge is 2.75. The second-order valence-electron chi connectivity index (χ2n) is 28.3. The Bertz CT molecular complexity index is 2560. The number of hydrogen-bond donors (Lipinski definition) is 3. The third kappa shape index (κ3) is 12.6. The van der Waals surface area contributed by atoms with Gasteiger partial charge in [0.05, 0.1) is 43.8 Å². The molecule has 85 heavy (non-hydrogen) atoms. The maximum atomic E-state index is 15.8. The van der Waals surface area contributed by atoms with Gasteiger partial charge in [0, 0.05) is 67.6 Å². The van der Waals surface area contributed by atoms with Crippen LogP contribution in [0.15, 0.2) is 11.1 Å². The van der Waals surface area contributed by atoms with Crippen molar-refractivity contribution in [2.45, 2.75) is 294 Å². The molecule has 21 nitrogen and oxygen atoms in total. The lowest BCUT2D eigenvalue weighted by molar-refractivity contribution is -0.348. The van der Waals surface area contributed by atoms with Gasteiger partial charge in [0.15, 0.2) is 35.7 Å². The van der Waals surface area contributed by atoms with Crippen LogP contribution >= 0.6 is 0 Å². The number of aliphatic hydroxyl groups is 2. The molecule has 0 aromatic carbocycles. The van der Waals surface area contributed by atoms with Crippen molar-refractivity contribution in [1.29, 1.82) is 0 Å². The van der Waals surface area contributed by atoms with E-state index in [2.05, 4.69) is 5.32 Å². The SMILES string of the molecule is CC(=O)OC1C[C@]2(C)C(O)CC3OC[C@@]3(OC(C)=O)C2[C@H](CC(=O)C2CCCCC2)C2(O)CC(OC(=O)C(OC(=O)CCC(=O)OC3C(C4COC(C)(C)O4)OC4OC(C)(C)OC43)C(NC(=O)C3CCCCC3)C3CCCCC3)C(C)=C1C2(C)C. The largest absolute Gasteiger partial charge is 0.458 e. The number of hydrogen-bond acceptors (Lipinski definition) is 20. The van der Waals surface area contributed by atoms with Crippen molar-refractivity contribution in [2.24, 2.45) is 40.4 Å². The summed E-state index contributed by atoms with van der Waals surface area (Å²) in [5, 5.41) is 30.0. The molecule has 0 radical (unpaired) electrons. The minimum atomic E-state index is -2.03. The second kappa shape index (κ2) is 24.7. The molecule has 0 spiro atoms. The van der Waals surface area contributed by atoms with Crippen LogP contribution in [0, 0.1) is 40.4 Å². The molecule has 6 aliphatic carbocycles. The topological polar surface area (TPSA) is 274 Å². The number of amides is 1. The van der Waals surface area contributed by atoms with Gasteiger partial charge in [-0.25, -0.2) is 4.79 Å². The average molecular weight is 1200 g/mol. The zero-order valence-corrected chi connectivity index (χ0v) is 51.7. The lowest BCUT2D eigenvalue weighted by Gasteiger charge is -2.69. The van der Waals surface area contributed by atoms with Crippen LogP contribution in [0.2, 0.25) is 0 Å². The van der Waals surface area contributed by atoms with Crippen molar-refractivity contribution >= 4 is 41.5 Å². The molecule has 0 aromatic heterocycles. The van der Waals surface area contributed by atoms with Crippen LogP contribution in [0.4, 0.5) is 0 Å². The highest BCUT2D eigenvalue weighted by atomic mass is 16.9. The zero-order chi connectivity index (χ0) is 61.2. The first kappa shape index (κ1) is 63.9. The van der Waals surface area contributed by atoms with Crippen LogP contribution in [0.5, 0.6) is 0 Å². The molecule has 10 aliphatic rings. The summed E-state index contributed by atoms with van der Waals surface area (Å²) in [5.74, 6) is -9.30. The normalized spacial score (nSPS) is 38.6. The van der Waals surface area contributed by atoms with E-state index in [1.165, 1.54) is 13.8 Å². The number of nitrogens with one attached hydrogen (secondary N) is 1. The van der Waals surface area contributed by atoms with E-state index in [4.69, 9.17) is 52.1 Å². The Morgan fingerprint density at radius 1 is 0.706 bits per heavy atom. The number of ether oxygens (including phenoxy) is 11. The quantitative estimate of drug-likeness (QED) is 0.0736. The predicted octanol–water partition coefficient (Wildman–Crippen LogP) is 7.23. The van der Waals surface area contributed by atoms with E-state index < -0.39 is 155 Å². The van der Waals surface area contributed by atoms with Crippen molar-refractivity contribution in [2.75, 3.05) is 13.2 Å². The smallest absolute Gasteiger partial charge is 0.350 e. The van der Waals surface area contributed by atoms with Crippen molar-refractivity contribution in [3.8, 4) is 0 Å². The van der Waals surface area contributed by atoms with E-state index in [0.29, 0.717) is 49.7 Å². The molecule has 4 heterocycles. The molecule has 9 fully saturated rings. The first-order chi connectivity index (χ1) is 40.1. The summed E-state index contributed by atoms with van der Waals surface area (Å²) >= 11 is 0. The molecule has 2 bridgehead atoms. The molecule has 3 N–H and O–H groups in total. The highest BCUT2D eigenvalue weighted by molar-refractivity contribution is 5.85. The zero-order valence-electron chi connectivity index (χ0n) is 51.7. The van der Waals surface area contributed by atoms with Gasteiger partial charge in [0.25, 0.3) is 0 Å². The number of aliphatic hydroxyl groups excluding tert-OH is 1. The second-order valence-corrected chi connectivity index (χ2v) is 28.3. The fourth-order valence-corrected chi connectivity index (χ4v) is 17.3. The number of carbonyl (C=O) groups is 7. The Labute approximate surface area is 500 Å². The summed E-state index contributed by atoms with van der Waals surface area (Å²) in [4.78, 5) is 101. The molecule has 4 aliphatic heterocycles. The number of fused-ring (bicyclic) bond motifs is 6. The molecule has 21 heteroatoms. The van der Waals surface area contributed by atoms with E-state index in [1.807, 2.05) is 20.8 Å². The summed E-state index contributed by atoms with van der Waals surface area (Å²) in [7, 11) is 0. The Kier molecular flexibility index (Phi) is 18.6. The molecule has 1 amide bonds. The Balaban J connectivity index is 0.999. The number of ketones is 1. The average Bonchev–Trinajstić information content (AvgIpc) is 1.29. The highest BCUT2D eigenvalue weighted by Crippen LogP contribution is 2.67. The van der Waals surface area contributed by atoms with E-state index in [1.54, 1.807) is 34.6 Å². The van der Waals surface area contributed by atoms with Crippen molar-refractivity contribution in [3.05, 3.63) is 11.1 Å². The molecule has 5 saturated carbocycles. The van der Waals surface area contributed by atoms with E-state index >= 15 is 9.59 Å². The van der Waals surface area contributed by atoms with Crippen molar-refractivity contribution in [3.63, 3.8) is 0 Å². The van der Waals surface area contributed by atoms with Crippen molar-refractivity contribution < 1.29 is 95.9 Å². The standard InChI is InChI=1S/C64H95NO20/c1-34-42(31-64(74)40(28-41(68)37-20-14-11-15-21-37)55-62(10,30-43(77-35(2)66)49(34)59(64,4)5)45(69)29-46-63(55,33-75-46)82-36(3)67)78-57(73)52(50(38-22-16-12-17-23-38)65-56(72)39-24-18-13-19-25-39)79-47(70)26-27-48(71)80-53-51(44-32-76-60(6,7)83-44)81-58-54(53)84-61(8,9)85-58/h37-40,42-46,50-55,58,69,74H,11-33H2,1-10H3,(H,65,72)/t40-,42?,43?,44?,45?,46?,50?,51?,52?,53?,54?,55?,58?,62+,63-,64?/m0/s1. The Hall–Kier alpha value is -4.09. The lowest BCUT2D eigenvalue weighted by atomic mass is 9.42. The first-order valence-electron chi connectivity index (χ1n) is 31.9. The van der Waals surface area contributed by atoms with Gasteiger partial charge in [-0.3, -0.25) is 28.8 Å². The maximum Gasteiger partial charge on any atom is 0.350 e. The number of Topliss-reactive ketones (excluding diaryl/α,β-unsaturated/α-hetero) is 1. The molecule has 4 saturated heterocycles. The third-order valence-corrected chi connectivity index (χ3v) is 21.5. The van der Waals surface area contributed by atoms with Crippen molar-refractivity contribution in [1.82, 2.24) is 5.32 Å². The molecule has 10 rings (SSSR count). The van der Waals surface area contributed by atoms with E-state index in [-0.39, 0.29) is 68.3 Å². The van der Waals surface area contributed by atoms with Crippen LogP contribution in [0.25, 0.3) is 0 Å². The number of esters is 5. The Morgan fingerprint density at radius 3 is 1.94 bits per heavy atom. The van der Waals surface area contributed by atoms with Gasteiger partial charge in [-0.05, 0) is 96.6 Å². The van der Waals surface area contributed by atoms with Gasteiger partial charge in [-0.15, -0.1) is 0 Å². The van der Waals surface area contributed by atoms with Gasteiger partial charge in [0.1, 0.15) is 36.3 Å². The van der Waals surface area contributed by atoms with Gasteiger partial charge in [-0.2, -0.15) is 0 Å². The van der Waals surface area contributed by atoms with Gasteiger partial charge < -0.3 is 67.6 Å². The monoisotopic (exact) mass is 1200 g/mol. The molecule has 13 unspecified atom stereocenters. The summed E-state index contributed by atoms with van der Waals surface area (Å²) in [6, 6.07) is -1.06. The van der Waals surface area contributed by atoms with Crippen LogP contribution in [-0.4, -0.2) is 155 Å². The number of rotatable bonds is 17. The molecule has 476 valence electrons. The van der Waals surface area contributed by atoms with Gasteiger partial charge in [0.2, 0.25) is 12.0 Å². The molecule has 16 atom stereocenters. The fraction of sp³-hybridized carbons (Fsp3) is 0.859. The summed E-state index contributed by atoms with van der Waals surface area (Å²) < 4.78 is 68.3. The first-order valence-corrected chi connectivity index (χ1v) is 31.9. The summed E-state index contributed by atoms with van der Waals surface area (Å²) in [6.45, 7) is 16.9. The Morgan fingerprint density at radius 2 is 1.34 bits per heavy atom. The minimum absolute atomic E-state index is 0.0237. The van der Waals surface area contributed by atoms with Crippen LogP contribution in [0.3, 0.4) is 0 Å². The van der Waals surface area contributed by atoms with E-state index in [0.717, 1.165) is 57.8 Å². The van der Waals surface area contributed by atoms with Crippen LogP contribution in [-0.2, 0) is 85.7 Å². The number of carbonyl (C=O) groups excluding carboxylic acids is 7. The van der Waals surface area contributed by atoms with Gasteiger partial charge in [-0.1, -0.05) is 78.6 Å². The molecular weight excluding hydrogens is 1100 g/mol.